The van der Waals surface area contributed by atoms with Crippen LogP contribution in [0.15, 0.2) is 91.0 Å². The van der Waals surface area contributed by atoms with Crippen molar-refractivity contribution in [3.8, 4) is 0 Å². The van der Waals surface area contributed by atoms with Crippen LogP contribution < -0.4 is 24.5 Å². The molecule has 0 bridgehead atoms. The Hall–Kier alpha value is -4.04. The van der Waals surface area contributed by atoms with Crippen LogP contribution in [0, 0.1) is 37.5 Å². The largest absolute Gasteiger partial charge is 0.416 e. The molecule has 5 nitrogen and oxygen atoms in total. The van der Waals surface area contributed by atoms with Crippen molar-refractivity contribution < 1.29 is 13.2 Å². The van der Waals surface area contributed by atoms with Crippen LogP contribution in [-0.2, 0) is 6.18 Å². The molecule has 4 aromatic carbocycles. The molecule has 0 aliphatic carbocycles. The van der Waals surface area contributed by atoms with Gasteiger partial charge in [-0.15, -0.1) is 0 Å². The van der Waals surface area contributed by atoms with Gasteiger partial charge in [0.2, 0.25) is 0 Å². The Kier molecular flexibility index (Phi) is 34.7. The van der Waals surface area contributed by atoms with E-state index in [1.807, 2.05) is 18.9 Å². The lowest BCUT2D eigenvalue weighted by molar-refractivity contribution is -0.137. The van der Waals surface area contributed by atoms with Crippen LogP contribution in [0.1, 0.15) is 157 Å². The van der Waals surface area contributed by atoms with E-state index in [2.05, 4.69) is 184 Å². The number of benzene rings is 4. The monoisotopic (exact) mass is 1010 g/mol. The van der Waals surface area contributed by atoms with Gasteiger partial charge in [0.1, 0.15) is 0 Å². The summed E-state index contributed by atoms with van der Waals surface area (Å²) < 4.78 is 37.3. The first-order chi connectivity index (χ1) is 32.9. The molecule has 0 aliphatic rings. The second kappa shape index (κ2) is 36.8. The summed E-state index contributed by atoms with van der Waals surface area (Å²) >= 11 is 6.13. The van der Waals surface area contributed by atoms with E-state index < -0.39 is 11.7 Å². The Bertz CT molecular complexity index is 1890. The number of alkyl halides is 3. The van der Waals surface area contributed by atoms with Crippen molar-refractivity contribution in [2.75, 3.05) is 93.0 Å². The lowest BCUT2D eigenvalue weighted by Gasteiger charge is -2.21. The fourth-order valence-electron chi connectivity index (χ4n) is 7.65. The van der Waals surface area contributed by atoms with Gasteiger partial charge in [0.25, 0.3) is 0 Å². The molecule has 0 saturated carbocycles. The highest BCUT2D eigenvalue weighted by molar-refractivity contribution is 6.31. The van der Waals surface area contributed by atoms with Gasteiger partial charge in [-0.2, -0.15) is 13.2 Å². The molecule has 0 saturated heterocycles. The maximum Gasteiger partial charge on any atom is 0.416 e. The van der Waals surface area contributed by atoms with Crippen LogP contribution in [-0.4, -0.2) is 68.5 Å². The average Bonchev–Trinajstić information content (AvgIpc) is 3.30. The zero-order valence-corrected chi connectivity index (χ0v) is 47.8. The normalized spacial score (nSPS) is 11.0. The molecule has 0 amide bonds. The van der Waals surface area contributed by atoms with E-state index in [0.29, 0.717) is 5.92 Å². The van der Waals surface area contributed by atoms with Crippen LogP contribution in [0.3, 0.4) is 0 Å². The quantitative estimate of drug-likeness (QED) is 0.0613. The number of anilines is 5. The van der Waals surface area contributed by atoms with E-state index in [-0.39, 0.29) is 7.43 Å². The van der Waals surface area contributed by atoms with Gasteiger partial charge in [-0.25, -0.2) is 0 Å². The first-order valence-electron chi connectivity index (χ1n) is 26.5. The fraction of sp³-hybridized carbons (Fsp3) is 0.613. The van der Waals surface area contributed by atoms with Crippen molar-refractivity contribution in [2.24, 2.45) is 23.7 Å². The summed E-state index contributed by atoms with van der Waals surface area (Å²) in [5.74, 6) is 3.19. The van der Waals surface area contributed by atoms with Crippen molar-refractivity contribution in [1.29, 1.82) is 0 Å². The van der Waals surface area contributed by atoms with Gasteiger partial charge in [0.05, 0.1) is 5.56 Å². The molecule has 0 radical (unpaired) electrons. The molecule has 0 N–H and O–H groups in total. The van der Waals surface area contributed by atoms with Gasteiger partial charge in [-0.05, 0) is 142 Å². The molecular weight excluding hydrogens is 907 g/mol. The Morgan fingerprint density at radius 1 is 0.408 bits per heavy atom. The minimum atomic E-state index is -4.26. The van der Waals surface area contributed by atoms with Gasteiger partial charge < -0.3 is 24.5 Å². The molecule has 0 spiro atoms. The molecule has 404 valence electrons. The van der Waals surface area contributed by atoms with E-state index in [1.165, 1.54) is 105 Å². The Labute approximate surface area is 440 Å². The van der Waals surface area contributed by atoms with Crippen LogP contribution in [0.25, 0.3) is 0 Å². The summed E-state index contributed by atoms with van der Waals surface area (Å²) in [6.07, 6.45) is 11.0. The van der Waals surface area contributed by atoms with Gasteiger partial charge in [0, 0.05) is 102 Å². The van der Waals surface area contributed by atoms with Crippen molar-refractivity contribution in [1.82, 2.24) is 0 Å². The van der Waals surface area contributed by atoms with Gasteiger partial charge in [-0.1, -0.05) is 150 Å². The van der Waals surface area contributed by atoms with E-state index in [9.17, 15) is 13.2 Å². The first-order valence-corrected chi connectivity index (χ1v) is 26.9. The smallest absolute Gasteiger partial charge is 0.378 e. The number of aryl methyl sites for hydroxylation is 2. The average molecular weight is 1010 g/mol. The zero-order chi connectivity index (χ0) is 52.8. The second-order valence-corrected chi connectivity index (χ2v) is 21.9. The third-order valence-electron chi connectivity index (χ3n) is 12.6. The van der Waals surface area contributed by atoms with Crippen LogP contribution in [0.4, 0.5) is 41.6 Å². The summed E-state index contributed by atoms with van der Waals surface area (Å²) in [6.45, 7) is 26.6. The molecule has 0 aliphatic heterocycles. The van der Waals surface area contributed by atoms with Crippen LogP contribution >= 0.6 is 11.6 Å². The van der Waals surface area contributed by atoms with E-state index in [4.69, 9.17) is 11.6 Å². The van der Waals surface area contributed by atoms with Crippen LogP contribution in [0.2, 0.25) is 5.02 Å². The molecule has 0 fully saturated rings. The van der Waals surface area contributed by atoms with Gasteiger partial charge in [-0.3, -0.25) is 0 Å². The molecule has 4 rings (SSSR count). The fourth-order valence-corrected chi connectivity index (χ4v) is 7.83. The van der Waals surface area contributed by atoms with Crippen molar-refractivity contribution in [2.45, 2.75) is 160 Å². The Morgan fingerprint density at radius 2 is 0.690 bits per heavy atom. The summed E-state index contributed by atoms with van der Waals surface area (Å²) in [6, 6.07) is 29.2. The summed E-state index contributed by atoms with van der Waals surface area (Å²) in [5, 5.41) is 0.858. The molecule has 71 heavy (non-hydrogen) atoms. The predicted octanol–water partition coefficient (Wildman–Crippen LogP) is 18.8. The maximum atomic E-state index is 12.4. The molecule has 0 heterocycles. The number of nitrogens with zero attached hydrogens (tertiary/aromatic N) is 5. The molecule has 9 heteroatoms. The lowest BCUT2D eigenvalue weighted by Crippen LogP contribution is -2.18. The molecule has 4 aromatic rings. The first kappa shape index (κ1) is 67.0. The minimum Gasteiger partial charge on any atom is -0.378 e. The highest BCUT2D eigenvalue weighted by Crippen LogP contribution is 2.30. The summed E-state index contributed by atoms with van der Waals surface area (Å²) in [4.78, 5) is 11.1. The molecule has 0 atom stereocenters. The minimum absolute atomic E-state index is 0. The van der Waals surface area contributed by atoms with E-state index in [0.717, 1.165) is 85.2 Å². The highest BCUT2D eigenvalue weighted by atomic mass is 35.5. The van der Waals surface area contributed by atoms with E-state index >= 15 is 0 Å². The highest BCUT2D eigenvalue weighted by Gasteiger charge is 2.30. The number of rotatable bonds is 25. The van der Waals surface area contributed by atoms with Gasteiger partial charge >= 0.3 is 6.18 Å². The van der Waals surface area contributed by atoms with Gasteiger partial charge in [0.15, 0.2) is 0 Å². The zero-order valence-electron chi connectivity index (χ0n) is 47.0. The molecule has 0 unspecified atom stereocenters. The molecular formula is C62H103ClF3N5. The third kappa shape index (κ3) is 31.2. The maximum absolute atomic E-state index is 12.4. The second-order valence-electron chi connectivity index (χ2n) is 21.5. The van der Waals surface area contributed by atoms with Crippen molar-refractivity contribution in [3.05, 3.63) is 113 Å². The number of halogens is 4. The number of hydrogen-bond acceptors (Lipinski definition) is 5. The third-order valence-corrected chi connectivity index (χ3v) is 13.0. The number of unbranched alkanes of at least 4 members (excludes halogenated alkanes) is 4. The lowest BCUT2D eigenvalue weighted by atomic mass is 10.1. The van der Waals surface area contributed by atoms with E-state index in [1.54, 1.807) is 0 Å². The Balaban J connectivity index is 0.000000918. The SMILES string of the molecule is C.CC(C)CCCCN(C)c1ccc(C(F)(F)F)cc1.CC(C)CCCCN(C)c1ccc(N(C)C)cc1.Cc1ccc(N(C)CCCCC(C)C)cc1.Cc1ccc(N(C)CCCCC(C)C)cc1Cl. The van der Waals surface area contributed by atoms with Crippen molar-refractivity contribution in [3.63, 3.8) is 0 Å². The topological polar surface area (TPSA) is 16.2 Å². The molecule has 0 aromatic heterocycles. The predicted molar refractivity (Wildman–Crippen MR) is 314 cm³/mol. The summed E-state index contributed by atoms with van der Waals surface area (Å²) in [5.41, 5.74) is 7.82. The number of hydrogen-bond donors (Lipinski definition) is 0. The standard InChI is InChI=1S/C16H28N2.C15H24ClN.C15H22F3N.C15H25N.CH4/c1-14(2)8-6-7-13-18(5)16-11-9-15(10-12-16)17(3)4;1-12(2)7-5-6-10-17(4)14-9-8-13(3)15(16)11-14;1-12(2)6-4-5-11-19(3)14-9-7-13(8-10-14)15(16,17)18;1-13(2)7-5-6-12-16(4)15-10-8-14(3)9-11-15;/h9-12,14H,6-8,13H2,1-5H3;8-9,11-12H,5-7,10H2,1-4H3;7-10,12H,4-6,11H2,1-3H3;8-11,13H,5-7,12H2,1-4H3;1H4. The Morgan fingerprint density at radius 3 is 0.986 bits per heavy atom. The summed E-state index contributed by atoms with van der Waals surface area (Å²) in [7, 11) is 12.6. The van der Waals surface area contributed by atoms with Crippen molar-refractivity contribution >= 4 is 40.0 Å². The van der Waals surface area contributed by atoms with Crippen LogP contribution in [0.5, 0.6) is 0 Å².